The van der Waals surface area contributed by atoms with Gasteiger partial charge in [-0.1, -0.05) is 40.6 Å². The first kappa shape index (κ1) is 8.96. The summed E-state index contributed by atoms with van der Waals surface area (Å²) in [6.07, 6.45) is 5.33. The Hall–Kier alpha value is -0.0400. The highest BCUT2D eigenvalue weighted by Gasteiger charge is 1.79. The summed E-state index contributed by atoms with van der Waals surface area (Å²) in [6.45, 7) is 6.31. The monoisotopic (exact) mass is 188 g/mol. The van der Waals surface area contributed by atoms with Crippen LogP contribution in [0.2, 0.25) is 0 Å². The standard InChI is InChI=1S/C8H13Br/c1-4-7(2)5-6-8(3)9/h5-6H,4H2,1-3H3/b7-5+,8-6+. The zero-order valence-corrected chi connectivity index (χ0v) is 7.83. The Morgan fingerprint density at radius 1 is 1.33 bits per heavy atom. The van der Waals surface area contributed by atoms with Gasteiger partial charge in [0.15, 0.2) is 0 Å². The largest absolute Gasteiger partial charge is 0.0736 e. The second-order valence-corrected chi connectivity index (χ2v) is 3.37. The van der Waals surface area contributed by atoms with E-state index in [1.54, 1.807) is 0 Å². The van der Waals surface area contributed by atoms with Gasteiger partial charge in [-0.15, -0.1) is 0 Å². The van der Waals surface area contributed by atoms with E-state index in [0.29, 0.717) is 0 Å². The molecule has 0 amide bonds. The number of rotatable bonds is 2. The van der Waals surface area contributed by atoms with Crippen LogP contribution in [0, 0.1) is 0 Å². The molecule has 0 saturated carbocycles. The second kappa shape index (κ2) is 4.80. The van der Waals surface area contributed by atoms with Gasteiger partial charge < -0.3 is 0 Å². The van der Waals surface area contributed by atoms with Gasteiger partial charge in [0.05, 0.1) is 0 Å². The summed E-state index contributed by atoms with van der Waals surface area (Å²) in [4.78, 5) is 0. The number of hydrogen-bond donors (Lipinski definition) is 0. The van der Waals surface area contributed by atoms with Crippen LogP contribution in [0.5, 0.6) is 0 Å². The fourth-order valence-electron chi connectivity index (χ4n) is 0.375. The van der Waals surface area contributed by atoms with Gasteiger partial charge in [0.2, 0.25) is 0 Å². The molecule has 0 unspecified atom stereocenters. The fourth-order valence-corrected chi connectivity index (χ4v) is 0.507. The maximum Gasteiger partial charge on any atom is -0.00804 e. The van der Waals surface area contributed by atoms with E-state index in [4.69, 9.17) is 0 Å². The Bertz CT molecular complexity index is 128. The van der Waals surface area contributed by atoms with Gasteiger partial charge in [-0.2, -0.15) is 0 Å². The third-order valence-electron chi connectivity index (χ3n) is 1.16. The molecular weight excluding hydrogens is 176 g/mol. The van der Waals surface area contributed by atoms with Crippen LogP contribution in [0.15, 0.2) is 22.2 Å². The first-order valence-electron chi connectivity index (χ1n) is 3.16. The summed E-state index contributed by atoms with van der Waals surface area (Å²) in [5.74, 6) is 0. The SMILES string of the molecule is CC/C(C)=C/C=C(\C)Br. The normalized spacial score (nSPS) is 14.2. The molecule has 0 heterocycles. The maximum absolute atomic E-state index is 3.35. The lowest BCUT2D eigenvalue weighted by Gasteiger charge is -1.89. The van der Waals surface area contributed by atoms with E-state index in [0.717, 1.165) is 6.42 Å². The highest BCUT2D eigenvalue weighted by Crippen LogP contribution is 2.04. The molecule has 0 radical (unpaired) electrons. The molecule has 0 rings (SSSR count). The van der Waals surface area contributed by atoms with Crippen molar-refractivity contribution in [3.63, 3.8) is 0 Å². The van der Waals surface area contributed by atoms with Gasteiger partial charge in [0, 0.05) is 0 Å². The average molecular weight is 189 g/mol. The summed E-state index contributed by atoms with van der Waals surface area (Å²) < 4.78 is 1.18. The van der Waals surface area contributed by atoms with Crippen LogP contribution in [0.4, 0.5) is 0 Å². The van der Waals surface area contributed by atoms with Crippen LogP contribution in [-0.4, -0.2) is 0 Å². The van der Waals surface area contributed by atoms with E-state index in [1.165, 1.54) is 10.1 Å². The lowest BCUT2D eigenvalue weighted by molar-refractivity contribution is 1.10. The molecule has 52 valence electrons. The van der Waals surface area contributed by atoms with E-state index in [9.17, 15) is 0 Å². The van der Waals surface area contributed by atoms with Crippen LogP contribution in [0.25, 0.3) is 0 Å². The topological polar surface area (TPSA) is 0 Å². The molecule has 0 aromatic rings. The van der Waals surface area contributed by atoms with E-state index in [-0.39, 0.29) is 0 Å². The van der Waals surface area contributed by atoms with Crippen LogP contribution in [0.1, 0.15) is 27.2 Å². The highest BCUT2D eigenvalue weighted by atomic mass is 79.9. The lowest BCUT2D eigenvalue weighted by atomic mass is 10.2. The van der Waals surface area contributed by atoms with Crippen LogP contribution in [-0.2, 0) is 0 Å². The van der Waals surface area contributed by atoms with Crippen molar-refractivity contribution in [1.82, 2.24) is 0 Å². The third-order valence-corrected chi connectivity index (χ3v) is 1.42. The van der Waals surface area contributed by atoms with Gasteiger partial charge >= 0.3 is 0 Å². The Labute approximate surface area is 65.8 Å². The second-order valence-electron chi connectivity index (χ2n) is 2.12. The van der Waals surface area contributed by atoms with E-state index in [1.807, 2.05) is 6.92 Å². The predicted octanol–water partition coefficient (Wildman–Crippen LogP) is 3.64. The molecule has 9 heavy (non-hydrogen) atoms. The first-order chi connectivity index (χ1) is 4.16. The lowest BCUT2D eigenvalue weighted by Crippen LogP contribution is -1.67. The smallest absolute Gasteiger partial charge is 0.00804 e. The summed E-state index contributed by atoms with van der Waals surface area (Å²) in [5, 5.41) is 0. The van der Waals surface area contributed by atoms with Gasteiger partial charge in [-0.05, 0) is 24.8 Å². The van der Waals surface area contributed by atoms with Crippen LogP contribution >= 0.6 is 15.9 Å². The molecule has 0 nitrogen and oxygen atoms in total. The predicted molar refractivity (Wildman–Crippen MR) is 46.7 cm³/mol. The highest BCUT2D eigenvalue weighted by molar-refractivity contribution is 9.11. The molecule has 0 bridgehead atoms. The van der Waals surface area contributed by atoms with E-state index in [2.05, 4.69) is 41.9 Å². The number of allylic oxidation sites excluding steroid dienone is 4. The van der Waals surface area contributed by atoms with Gasteiger partial charge in [-0.3, -0.25) is 0 Å². The minimum absolute atomic E-state index is 1.14. The fraction of sp³-hybridized carbons (Fsp3) is 0.500. The molecule has 0 saturated heterocycles. The van der Waals surface area contributed by atoms with Crippen molar-refractivity contribution in [3.8, 4) is 0 Å². The summed E-state index contributed by atoms with van der Waals surface area (Å²) in [6, 6.07) is 0. The molecule has 0 aromatic heterocycles. The molecule has 0 aliphatic rings. The van der Waals surface area contributed by atoms with Gasteiger partial charge in [0.25, 0.3) is 0 Å². The van der Waals surface area contributed by atoms with Crippen molar-refractivity contribution in [2.45, 2.75) is 27.2 Å². The average Bonchev–Trinajstić information content (AvgIpc) is 1.83. The first-order valence-corrected chi connectivity index (χ1v) is 3.95. The van der Waals surface area contributed by atoms with Crippen LogP contribution < -0.4 is 0 Å². The molecule has 0 fully saturated rings. The Balaban J connectivity index is 3.83. The molecule has 0 spiro atoms. The Morgan fingerprint density at radius 3 is 2.22 bits per heavy atom. The molecule has 0 atom stereocenters. The Morgan fingerprint density at radius 2 is 1.89 bits per heavy atom. The molecule has 0 N–H and O–H groups in total. The zero-order valence-electron chi connectivity index (χ0n) is 6.24. The van der Waals surface area contributed by atoms with Gasteiger partial charge in [0.1, 0.15) is 0 Å². The number of hydrogen-bond acceptors (Lipinski definition) is 0. The van der Waals surface area contributed by atoms with Crippen molar-refractivity contribution in [2.24, 2.45) is 0 Å². The summed E-state index contributed by atoms with van der Waals surface area (Å²) >= 11 is 3.35. The molecule has 1 heteroatoms. The third kappa shape index (κ3) is 5.84. The van der Waals surface area contributed by atoms with Crippen molar-refractivity contribution in [1.29, 1.82) is 0 Å². The quantitative estimate of drug-likeness (QED) is 0.581. The van der Waals surface area contributed by atoms with E-state index < -0.39 is 0 Å². The minimum atomic E-state index is 1.14. The van der Waals surface area contributed by atoms with Crippen molar-refractivity contribution < 1.29 is 0 Å². The van der Waals surface area contributed by atoms with Crippen molar-refractivity contribution in [2.75, 3.05) is 0 Å². The van der Waals surface area contributed by atoms with E-state index >= 15 is 0 Å². The van der Waals surface area contributed by atoms with Crippen molar-refractivity contribution >= 4 is 15.9 Å². The summed E-state index contributed by atoms with van der Waals surface area (Å²) in [7, 11) is 0. The Kier molecular flexibility index (Phi) is 4.78. The van der Waals surface area contributed by atoms with Gasteiger partial charge in [-0.25, -0.2) is 0 Å². The van der Waals surface area contributed by atoms with Crippen LogP contribution in [0.3, 0.4) is 0 Å². The molecule has 0 aromatic carbocycles. The minimum Gasteiger partial charge on any atom is -0.0736 e. The summed E-state index contributed by atoms with van der Waals surface area (Å²) in [5.41, 5.74) is 1.41. The molecule has 0 aliphatic carbocycles. The zero-order chi connectivity index (χ0) is 7.28. The van der Waals surface area contributed by atoms with Crippen molar-refractivity contribution in [3.05, 3.63) is 22.2 Å². The number of halogens is 1. The molecule has 0 aliphatic heterocycles. The maximum atomic E-state index is 3.35. The molecular formula is C8H13Br.